The third-order valence-electron chi connectivity index (χ3n) is 4.33. The summed E-state index contributed by atoms with van der Waals surface area (Å²) in [5.41, 5.74) is 1.30. The topological polar surface area (TPSA) is 12.0 Å². The molecular formula is C18H23N. The highest BCUT2D eigenvalue weighted by molar-refractivity contribution is 5.93. The van der Waals surface area contributed by atoms with Crippen molar-refractivity contribution in [1.29, 1.82) is 0 Å². The van der Waals surface area contributed by atoms with Crippen molar-refractivity contribution in [3.8, 4) is 0 Å². The van der Waals surface area contributed by atoms with Gasteiger partial charge in [0.1, 0.15) is 0 Å². The van der Waals surface area contributed by atoms with Crippen LogP contribution in [0.3, 0.4) is 0 Å². The third kappa shape index (κ3) is 2.75. The molecule has 2 atom stereocenters. The quantitative estimate of drug-likeness (QED) is 0.787. The first kappa shape index (κ1) is 12.5. The van der Waals surface area contributed by atoms with Crippen LogP contribution < -0.4 is 5.32 Å². The lowest BCUT2D eigenvalue weighted by molar-refractivity contribution is 0.281. The van der Waals surface area contributed by atoms with E-state index in [2.05, 4.69) is 61.6 Å². The lowest BCUT2D eigenvalue weighted by Crippen LogP contribution is -2.30. The number of rotatable bonds is 2. The smallest absolute Gasteiger partial charge is 0.0422 e. The summed E-state index contributed by atoms with van der Waals surface area (Å²) in [4.78, 5) is 0. The molecule has 1 heteroatoms. The van der Waals surface area contributed by atoms with E-state index in [-0.39, 0.29) is 0 Å². The van der Waals surface area contributed by atoms with Crippen LogP contribution in [0.25, 0.3) is 10.8 Å². The fraction of sp³-hybridized carbons (Fsp3) is 0.444. The average molecular weight is 253 g/mol. The normalized spacial score (nSPS) is 27.4. The van der Waals surface area contributed by atoms with Gasteiger partial charge in [-0.15, -0.1) is 0 Å². The van der Waals surface area contributed by atoms with Crippen molar-refractivity contribution < 1.29 is 0 Å². The van der Waals surface area contributed by atoms with Crippen molar-refractivity contribution >= 4 is 16.5 Å². The second kappa shape index (κ2) is 5.24. The summed E-state index contributed by atoms with van der Waals surface area (Å²) in [6.07, 6.45) is 3.98. The Morgan fingerprint density at radius 3 is 2.32 bits per heavy atom. The molecule has 1 N–H and O–H groups in total. The van der Waals surface area contributed by atoms with Gasteiger partial charge in [-0.25, -0.2) is 0 Å². The van der Waals surface area contributed by atoms with Gasteiger partial charge >= 0.3 is 0 Å². The standard InChI is InChI=1S/C18H23N/c1-13-10-14(2)12-16(11-13)19-18-9-5-7-15-6-3-4-8-17(15)18/h3-9,13-14,16,19H,10-12H2,1-2H3. The third-order valence-corrected chi connectivity index (χ3v) is 4.33. The molecule has 0 amide bonds. The second-order valence-electron chi connectivity index (χ2n) is 6.29. The summed E-state index contributed by atoms with van der Waals surface area (Å²) in [5.74, 6) is 1.69. The van der Waals surface area contributed by atoms with E-state index in [0.29, 0.717) is 6.04 Å². The molecule has 1 nitrogen and oxygen atoms in total. The van der Waals surface area contributed by atoms with Crippen LogP contribution in [-0.2, 0) is 0 Å². The Bertz CT molecular complexity index is 545. The summed E-state index contributed by atoms with van der Waals surface area (Å²) in [7, 11) is 0. The van der Waals surface area contributed by atoms with E-state index in [0.717, 1.165) is 11.8 Å². The average Bonchev–Trinajstić information content (AvgIpc) is 2.38. The zero-order valence-corrected chi connectivity index (χ0v) is 11.9. The Morgan fingerprint density at radius 1 is 0.842 bits per heavy atom. The van der Waals surface area contributed by atoms with Gasteiger partial charge in [-0.1, -0.05) is 50.2 Å². The van der Waals surface area contributed by atoms with Crippen LogP contribution in [0.4, 0.5) is 5.69 Å². The zero-order valence-electron chi connectivity index (χ0n) is 11.9. The minimum atomic E-state index is 0.629. The molecule has 3 rings (SSSR count). The monoisotopic (exact) mass is 253 g/mol. The van der Waals surface area contributed by atoms with Gasteiger partial charge in [0.2, 0.25) is 0 Å². The second-order valence-corrected chi connectivity index (χ2v) is 6.29. The maximum atomic E-state index is 3.78. The van der Waals surface area contributed by atoms with Crippen molar-refractivity contribution in [2.75, 3.05) is 5.32 Å². The predicted molar refractivity (Wildman–Crippen MR) is 83.5 cm³/mol. The highest BCUT2D eigenvalue weighted by Gasteiger charge is 2.23. The Labute approximate surface area is 116 Å². The molecule has 0 saturated heterocycles. The number of nitrogens with one attached hydrogen (secondary N) is 1. The summed E-state index contributed by atoms with van der Waals surface area (Å²) < 4.78 is 0. The maximum Gasteiger partial charge on any atom is 0.0422 e. The Morgan fingerprint density at radius 2 is 1.53 bits per heavy atom. The van der Waals surface area contributed by atoms with Gasteiger partial charge in [0, 0.05) is 17.1 Å². The molecule has 0 radical (unpaired) electrons. The first-order valence-corrected chi connectivity index (χ1v) is 7.46. The molecule has 0 spiro atoms. The SMILES string of the molecule is CC1CC(C)CC(Nc2cccc3ccccc23)C1. The van der Waals surface area contributed by atoms with E-state index in [1.807, 2.05) is 0 Å². The Hall–Kier alpha value is -1.50. The minimum absolute atomic E-state index is 0.629. The molecule has 0 aliphatic heterocycles. The maximum absolute atomic E-state index is 3.78. The van der Waals surface area contributed by atoms with Crippen molar-refractivity contribution in [2.24, 2.45) is 11.8 Å². The van der Waals surface area contributed by atoms with Gasteiger partial charge in [0.15, 0.2) is 0 Å². The van der Waals surface area contributed by atoms with Gasteiger partial charge in [-0.3, -0.25) is 0 Å². The lowest BCUT2D eigenvalue weighted by atomic mass is 9.80. The fourth-order valence-corrected chi connectivity index (χ4v) is 3.64. The number of benzene rings is 2. The van der Waals surface area contributed by atoms with E-state index >= 15 is 0 Å². The van der Waals surface area contributed by atoms with Crippen LogP contribution in [0.1, 0.15) is 33.1 Å². The number of hydrogen-bond donors (Lipinski definition) is 1. The fourth-order valence-electron chi connectivity index (χ4n) is 3.64. The van der Waals surface area contributed by atoms with Gasteiger partial charge in [-0.2, -0.15) is 0 Å². The summed E-state index contributed by atoms with van der Waals surface area (Å²) in [6.45, 7) is 4.76. The van der Waals surface area contributed by atoms with Crippen molar-refractivity contribution in [2.45, 2.75) is 39.2 Å². The number of hydrogen-bond acceptors (Lipinski definition) is 1. The molecule has 0 heterocycles. The van der Waals surface area contributed by atoms with Crippen LogP contribution in [0, 0.1) is 11.8 Å². The Kier molecular flexibility index (Phi) is 3.46. The molecular weight excluding hydrogens is 230 g/mol. The molecule has 0 aromatic heterocycles. The molecule has 1 saturated carbocycles. The van der Waals surface area contributed by atoms with Crippen LogP contribution in [0.15, 0.2) is 42.5 Å². The minimum Gasteiger partial charge on any atom is -0.382 e. The first-order valence-electron chi connectivity index (χ1n) is 7.46. The molecule has 2 unspecified atom stereocenters. The van der Waals surface area contributed by atoms with Crippen LogP contribution in [-0.4, -0.2) is 6.04 Å². The largest absolute Gasteiger partial charge is 0.382 e. The van der Waals surface area contributed by atoms with Crippen molar-refractivity contribution in [1.82, 2.24) is 0 Å². The summed E-state index contributed by atoms with van der Waals surface area (Å²) in [6, 6.07) is 15.8. The van der Waals surface area contributed by atoms with Gasteiger partial charge in [-0.05, 0) is 42.6 Å². The first-order chi connectivity index (χ1) is 9.22. The van der Waals surface area contributed by atoms with E-state index in [1.165, 1.54) is 35.7 Å². The molecule has 100 valence electrons. The van der Waals surface area contributed by atoms with E-state index < -0.39 is 0 Å². The number of anilines is 1. The van der Waals surface area contributed by atoms with Crippen LogP contribution in [0.5, 0.6) is 0 Å². The molecule has 1 fully saturated rings. The molecule has 2 aromatic carbocycles. The van der Waals surface area contributed by atoms with Gasteiger partial charge in [0.25, 0.3) is 0 Å². The summed E-state index contributed by atoms with van der Waals surface area (Å²) >= 11 is 0. The highest BCUT2D eigenvalue weighted by atomic mass is 14.9. The van der Waals surface area contributed by atoms with Crippen LogP contribution >= 0.6 is 0 Å². The number of fused-ring (bicyclic) bond motifs is 1. The van der Waals surface area contributed by atoms with Gasteiger partial charge < -0.3 is 5.32 Å². The van der Waals surface area contributed by atoms with E-state index in [9.17, 15) is 0 Å². The Balaban J connectivity index is 1.85. The van der Waals surface area contributed by atoms with Crippen LogP contribution in [0.2, 0.25) is 0 Å². The van der Waals surface area contributed by atoms with E-state index in [4.69, 9.17) is 0 Å². The summed E-state index contributed by atoms with van der Waals surface area (Å²) in [5, 5.41) is 6.45. The van der Waals surface area contributed by atoms with Gasteiger partial charge in [0.05, 0.1) is 0 Å². The zero-order chi connectivity index (χ0) is 13.2. The molecule has 0 bridgehead atoms. The highest BCUT2D eigenvalue weighted by Crippen LogP contribution is 2.32. The molecule has 2 aromatic rings. The van der Waals surface area contributed by atoms with Crippen molar-refractivity contribution in [3.05, 3.63) is 42.5 Å². The lowest BCUT2D eigenvalue weighted by Gasteiger charge is -2.32. The predicted octanol–water partition coefficient (Wildman–Crippen LogP) is 5.08. The molecule has 1 aliphatic rings. The van der Waals surface area contributed by atoms with Crippen molar-refractivity contribution in [3.63, 3.8) is 0 Å². The van der Waals surface area contributed by atoms with E-state index in [1.54, 1.807) is 0 Å². The molecule has 19 heavy (non-hydrogen) atoms. The molecule has 1 aliphatic carbocycles.